The fraction of sp³-hybridized carbons (Fsp3) is 0.125. The molecule has 6 nitrogen and oxygen atoms in total. The number of para-hydroxylation sites is 2. The van der Waals surface area contributed by atoms with Crippen molar-refractivity contribution >= 4 is 35.0 Å². The number of carbonyl (C=O) groups is 2. The largest absolute Gasteiger partial charge is 0.299 e. The SMILES string of the molecule is O=C(CSCC(=O)NNc1ccccc1)NNc1ccccc1. The number of carbonyl (C=O) groups excluding carboxylic acids is 2. The summed E-state index contributed by atoms with van der Waals surface area (Å²) in [6, 6.07) is 18.6. The van der Waals surface area contributed by atoms with Crippen LogP contribution in [-0.2, 0) is 9.59 Å². The molecule has 0 saturated carbocycles. The number of thioether (sulfide) groups is 1. The van der Waals surface area contributed by atoms with Crippen molar-refractivity contribution < 1.29 is 9.59 Å². The lowest BCUT2D eigenvalue weighted by atomic mass is 10.3. The van der Waals surface area contributed by atoms with Crippen molar-refractivity contribution in [3.63, 3.8) is 0 Å². The maximum Gasteiger partial charge on any atom is 0.248 e. The molecule has 2 rings (SSSR count). The molecule has 0 aromatic heterocycles. The van der Waals surface area contributed by atoms with Crippen molar-refractivity contribution in [3.05, 3.63) is 60.7 Å². The lowest BCUT2D eigenvalue weighted by Crippen LogP contribution is -2.33. The zero-order valence-corrected chi connectivity index (χ0v) is 13.2. The van der Waals surface area contributed by atoms with E-state index in [0.717, 1.165) is 11.4 Å². The number of amides is 2. The average Bonchev–Trinajstić information content (AvgIpc) is 2.60. The number of rotatable bonds is 8. The Morgan fingerprint density at radius 2 is 1.09 bits per heavy atom. The van der Waals surface area contributed by atoms with Crippen LogP contribution < -0.4 is 21.7 Å². The van der Waals surface area contributed by atoms with E-state index in [1.165, 1.54) is 11.8 Å². The van der Waals surface area contributed by atoms with Crippen LogP contribution >= 0.6 is 11.8 Å². The Kier molecular flexibility index (Phi) is 6.80. The van der Waals surface area contributed by atoms with Crippen molar-refractivity contribution in [3.8, 4) is 0 Å². The fourth-order valence-electron chi connectivity index (χ4n) is 1.64. The average molecular weight is 330 g/mol. The van der Waals surface area contributed by atoms with Gasteiger partial charge in [-0.25, -0.2) is 0 Å². The predicted octanol–water partition coefficient (Wildman–Crippen LogP) is 2.01. The predicted molar refractivity (Wildman–Crippen MR) is 93.7 cm³/mol. The van der Waals surface area contributed by atoms with E-state index < -0.39 is 0 Å². The van der Waals surface area contributed by atoms with E-state index in [0.29, 0.717) is 0 Å². The monoisotopic (exact) mass is 330 g/mol. The molecule has 23 heavy (non-hydrogen) atoms. The van der Waals surface area contributed by atoms with E-state index in [1.807, 2.05) is 60.7 Å². The lowest BCUT2D eigenvalue weighted by Gasteiger charge is -2.09. The maximum atomic E-state index is 11.6. The minimum atomic E-state index is -0.192. The van der Waals surface area contributed by atoms with Crippen LogP contribution in [0.1, 0.15) is 0 Å². The molecule has 2 aromatic carbocycles. The first-order valence-corrected chi connectivity index (χ1v) is 8.17. The summed E-state index contributed by atoms with van der Waals surface area (Å²) in [5, 5.41) is 0. The number of benzene rings is 2. The molecule has 2 aromatic rings. The van der Waals surface area contributed by atoms with Gasteiger partial charge in [-0.3, -0.25) is 31.3 Å². The van der Waals surface area contributed by atoms with Gasteiger partial charge in [0.15, 0.2) is 0 Å². The first-order valence-electron chi connectivity index (χ1n) is 7.01. The van der Waals surface area contributed by atoms with Gasteiger partial charge < -0.3 is 0 Å². The minimum Gasteiger partial charge on any atom is -0.299 e. The number of hydrogen-bond donors (Lipinski definition) is 4. The number of anilines is 2. The standard InChI is InChI=1S/C16H18N4O2S/c21-15(19-17-13-7-3-1-4-8-13)11-23-12-16(22)20-18-14-9-5-2-6-10-14/h1-10,17-18H,11-12H2,(H,19,21)(H,20,22). The van der Waals surface area contributed by atoms with E-state index in [4.69, 9.17) is 0 Å². The molecule has 0 bridgehead atoms. The normalized spacial score (nSPS) is 9.74. The van der Waals surface area contributed by atoms with Gasteiger partial charge >= 0.3 is 0 Å². The Hall–Kier alpha value is -2.67. The highest BCUT2D eigenvalue weighted by Crippen LogP contribution is 2.04. The second-order valence-electron chi connectivity index (χ2n) is 4.57. The first kappa shape index (κ1) is 16.7. The van der Waals surface area contributed by atoms with Crippen LogP contribution in [0.25, 0.3) is 0 Å². The summed E-state index contributed by atoms with van der Waals surface area (Å²) >= 11 is 1.24. The Bertz CT molecular complexity index is 567. The van der Waals surface area contributed by atoms with E-state index >= 15 is 0 Å². The molecule has 0 heterocycles. The molecule has 0 aliphatic carbocycles. The third kappa shape index (κ3) is 6.75. The van der Waals surface area contributed by atoms with Gasteiger partial charge in [-0.05, 0) is 24.3 Å². The fourth-order valence-corrected chi connectivity index (χ4v) is 2.25. The molecule has 0 atom stereocenters. The molecule has 120 valence electrons. The van der Waals surface area contributed by atoms with Crippen LogP contribution in [0.2, 0.25) is 0 Å². The Labute approximate surface area is 139 Å². The van der Waals surface area contributed by atoms with Crippen LogP contribution in [0.4, 0.5) is 11.4 Å². The quantitative estimate of drug-likeness (QED) is 0.557. The highest BCUT2D eigenvalue weighted by atomic mass is 32.2. The van der Waals surface area contributed by atoms with Crippen molar-refractivity contribution in [2.24, 2.45) is 0 Å². The molecule has 7 heteroatoms. The van der Waals surface area contributed by atoms with Gasteiger partial charge in [0.1, 0.15) is 0 Å². The Morgan fingerprint density at radius 3 is 1.48 bits per heavy atom. The zero-order chi connectivity index (χ0) is 16.3. The summed E-state index contributed by atoms with van der Waals surface area (Å²) in [5.74, 6) is 0.00215. The molecular formula is C16H18N4O2S. The minimum absolute atomic E-state index is 0.192. The highest BCUT2D eigenvalue weighted by molar-refractivity contribution is 8.00. The molecule has 0 spiro atoms. The molecular weight excluding hydrogens is 312 g/mol. The van der Waals surface area contributed by atoms with E-state index in [9.17, 15) is 9.59 Å². The molecule has 2 amide bonds. The summed E-state index contributed by atoms with van der Waals surface area (Å²) in [6.45, 7) is 0. The molecule has 0 saturated heterocycles. The summed E-state index contributed by atoms with van der Waals surface area (Å²) in [4.78, 5) is 23.3. The molecule has 0 radical (unpaired) electrons. The van der Waals surface area contributed by atoms with Gasteiger partial charge in [0.2, 0.25) is 11.8 Å². The topological polar surface area (TPSA) is 82.3 Å². The summed E-state index contributed by atoms with van der Waals surface area (Å²) in [6.07, 6.45) is 0. The van der Waals surface area contributed by atoms with Gasteiger partial charge in [0, 0.05) is 0 Å². The van der Waals surface area contributed by atoms with Crippen LogP contribution in [0.15, 0.2) is 60.7 Å². The second-order valence-corrected chi connectivity index (χ2v) is 5.56. The number of hydrazine groups is 2. The Balaban J connectivity index is 1.57. The van der Waals surface area contributed by atoms with E-state index in [2.05, 4.69) is 21.7 Å². The summed E-state index contributed by atoms with van der Waals surface area (Å²) in [5.41, 5.74) is 12.4. The Morgan fingerprint density at radius 1 is 0.696 bits per heavy atom. The van der Waals surface area contributed by atoms with Gasteiger partial charge in [-0.15, -0.1) is 11.8 Å². The molecule has 0 unspecified atom stereocenters. The van der Waals surface area contributed by atoms with E-state index in [1.54, 1.807) is 0 Å². The highest BCUT2D eigenvalue weighted by Gasteiger charge is 2.05. The van der Waals surface area contributed by atoms with Crippen LogP contribution in [-0.4, -0.2) is 23.3 Å². The smallest absolute Gasteiger partial charge is 0.248 e. The van der Waals surface area contributed by atoms with Crippen molar-refractivity contribution in [2.75, 3.05) is 22.4 Å². The molecule has 0 fully saturated rings. The number of hydrogen-bond acceptors (Lipinski definition) is 5. The van der Waals surface area contributed by atoms with Gasteiger partial charge in [0.05, 0.1) is 22.9 Å². The van der Waals surface area contributed by atoms with Crippen LogP contribution in [0.3, 0.4) is 0 Å². The zero-order valence-electron chi connectivity index (χ0n) is 12.4. The van der Waals surface area contributed by atoms with Gasteiger partial charge in [-0.2, -0.15) is 0 Å². The van der Waals surface area contributed by atoms with Crippen molar-refractivity contribution in [2.45, 2.75) is 0 Å². The summed E-state index contributed by atoms with van der Waals surface area (Å²) in [7, 11) is 0. The van der Waals surface area contributed by atoms with Crippen molar-refractivity contribution in [1.29, 1.82) is 0 Å². The molecule has 4 N–H and O–H groups in total. The third-order valence-electron chi connectivity index (χ3n) is 2.71. The van der Waals surface area contributed by atoms with Crippen LogP contribution in [0.5, 0.6) is 0 Å². The first-order chi connectivity index (χ1) is 11.2. The van der Waals surface area contributed by atoms with Gasteiger partial charge in [0.25, 0.3) is 0 Å². The lowest BCUT2D eigenvalue weighted by molar-refractivity contribution is -0.118. The number of nitrogens with one attached hydrogen (secondary N) is 4. The van der Waals surface area contributed by atoms with Gasteiger partial charge in [-0.1, -0.05) is 36.4 Å². The molecule has 0 aliphatic heterocycles. The van der Waals surface area contributed by atoms with Crippen molar-refractivity contribution in [1.82, 2.24) is 10.9 Å². The second kappa shape index (κ2) is 9.37. The van der Waals surface area contributed by atoms with Crippen LogP contribution in [0, 0.1) is 0 Å². The third-order valence-corrected chi connectivity index (χ3v) is 3.64. The molecule has 0 aliphatic rings. The van der Waals surface area contributed by atoms with E-state index in [-0.39, 0.29) is 23.3 Å². The maximum absolute atomic E-state index is 11.6. The summed E-state index contributed by atoms with van der Waals surface area (Å²) < 4.78 is 0.